The van der Waals surface area contributed by atoms with Gasteiger partial charge in [-0.15, -0.1) is 0 Å². The second-order valence-corrected chi connectivity index (χ2v) is 5.89. The first-order valence-electron chi connectivity index (χ1n) is 8.13. The molecule has 0 spiro atoms. The van der Waals surface area contributed by atoms with E-state index >= 15 is 0 Å². The quantitative estimate of drug-likeness (QED) is 0.637. The molecule has 126 valence electrons. The number of rotatable bonds is 4. The fourth-order valence-electron chi connectivity index (χ4n) is 2.83. The standard InChI is InChI=1S/C18H20N2O4/c1-13-6-4-5-11-20(13)17(21)12-23-18(22)10-9-16-19-14-7-2-3-8-15(14)24-16/h2-3,7-10,13H,4-6,11-12H2,1H3/b10-9+/t13-/m1/s1. The molecule has 0 aliphatic carbocycles. The van der Waals surface area contributed by atoms with Gasteiger partial charge in [0.15, 0.2) is 12.2 Å². The number of fused-ring (bicyclic) bond motifs is 1. The molecule has 0 N–H and O–H groups in total. The Bertz CT molecular complexity index is 732. The van der Waals surface area contributed by atoms with Crippen molar-refractivity contribution in [3.05, 3.63) is 36.2 Å². The van der Waals surface area contributed by atoms with E-state index in [2.05, 4.69) is 4.98 Å². The summed E-state index contributed by atoms with van der Waals surface area (Å²) in [4.78, 5) is 29.9. The number of nitrogens with zero attached hydrogens (tertiary/aromatic N) is 2. The van der Waals surface area contributed by atoms with E-state index in [0.29, 0.717) is 11.5 Å². The Balaban J connectivity index is 1.52. The molecular formula is C18H20N2O4. The summed E-state index contributed by atoms with van der Waals surface area (Å²) in [5.74, 6) is -0.412. The molecule has 1 saturated heterocycles. The highest BCUT2D eigenvalue weighted by Crippen LogP contribution is 2.17. The van der Waals surface area contributed by atoms with Crippen LogP contribution in [-0.2, 0) is 14.3 Å². The average Bonchev–Trinajstić information content (AvgIpc) is 3.01. The maximum absolute atomic E-state index is 12.1. The molecule has 1 fully saturated rings. The molecule has 2 aromatic rings. The fourth-order valence-corrected chi connectivity index (χ4v) is 2.83. The molecular weight excluding hydrogens is 308 g/mol. The van der Waals surface area contributed by atoms with Gasteiger partial charge in [0.25, 0.3) is 5.91 Å². The number of hydrogen-bond acceptors (Lipinski definition) is 5. The summed E-state index contributed by atoms with van der Waals surface area (Å²) in [6.07, 6.45) is 5.80. The minimum Gasteiger partial charge on any atom is -0.452 e. The van der Waals surface area contributed by atoms with Crippen molar-refractivity contribution < 1.29 is 18.7 Å². The highest BCUT2D eigenvalue weighted by Gasteiger charge is 2.23. The number of esters is 1. The Hall–Kier alpha value is -2.63. The Morgan fingerprint density at radius 1 is 1.38 bits per heavy atom. The van der Waals surface area contributed by atoms with Crippen molar-refractivity contribution in [1.29, 1.82) is 0 Å². The second kappa shape index (κ2) is 7.29. The first-order chi connectivity index (χ1) is 11.6. The van der Waals surface area contributed by atoms with Gasteiger partial charge in [0.05, 0.1) is 0 Å². The summed E-state index contributed by atoms with van der Waals surface area (Å²) in [6, 6.07) is 7.55. The van der Waals surface area contributed by atoms with Crippen molar-refractivity contribution >= 4 is 29.1 Å². The maximum atomic E-state index is 12.1. The van der Waals surface area contributed by atoms with E-state index < -0.39 is 5.97 Å². The number of ether oxygens (including phenoxy) is 1. The number of para-hydroxylation sites is 2. The third-order valence-corrected chi connectivity index (χ3v) is 4.13. The SMILES string of the molecule is C[C@@H]1CCCCN1C(=O)COC(=O)/C=C/c1nc2ccccc2o1. The van der Waals surface area contributed by atoms with E-state index in [1.165, 1.54) is 12.2 Å². The number of likely N-dealkylation sites (tertiary alicyclic amines) is 1. The predicted molar refractivity (Wildman–Crippen MR) is 89.0 cm³/mol. The van der Waals surface area contributed by atoms with Gasteiger partial charge in [0.2, 0.25) is 5.89 Å². The van der Waals surface area contributed by atoms with Crippen LogP contribution < -0.4 is 0 Å². The zero-order chi connectivity index (χ0) is 16.9. The Labute approximate surface area is 140 Å². The Morgan fingerprint density at radius 2 is 2.21 bits per heavy atom. The van der Waals surface area contributed by atoms with E-state index in [1.54, 1.807) is 11.0 Å². The molecule has 6 nitrogen and oxygen atoms in total. The van der Waals surface area contributed by atoms with Crippen molar-refractivity contribution in [3.63, 3.8) is 0 Å². The van der Waals surface area contributed by atoms with Crippen LogP contribution in [0.25, 0.3) is 17.2 Å². The van der Waals surface area contributed by atoms with Crippen LogP contribution in [0.4, 0.5) is 0 Å². The summed E-state index contributed by atoms with van der Waals surface area (Å²) in [5, 5.41) is 0. The molecule has 3 rings (SSSR count). The average molecular weight is 328 g/mol. The molecule has 1 atom stereocenters. The van der Waals surface area contributed by atoms with E-state index in [-0.39, 0.29) is 18.6 Å². The van der Waals surface area contributed by atoms with Gasteiger partial charge in [-0.3, -0.25) is 4.79 Å². The van der Waals surface area contributed by atoms with Crippen molar-refractivity contribution in [1.82, 2.24) is 9.88 Å². The monoisotopic (exact) mass is 328 g/mol. The molecule has 24 heavy (non-hydrogen) atoms. The van der Waals surface area contributed by atoms with Crippen LogP contribution in [0.15, 0.2) is 34.8 Å². The third-order valence-electron chi connectivity index (χ3n) is 4.13. The van der Waals surface area contributed by atoms with Gasteiger partial charge < -0.3 is 14.1 Å². The van der Waals surface area contributed by atoms with Gasteiger partial charge in [0.1, 0.15) is 5.52 Å². The van der Waals surface area contributed by atoms with Crippen LogP contribution in [0, 0.1) is 0 Å². The molecule has 2 heterocycles. The summed E-state index contributed by atoms with van der Waals surface area (Å²) >= 11 is 0. The normalized spacial score (nSPS) is 18.2. The minimum absolute atomic E-state index is 0.147. The topological polar surface area (TPSA) is 72.6 Å². The third kappa shape index (κ3) is 3.82. The Kier molecular flexibility index (Phi) is 4.93. The first-order valence-corrected chi connectivity index (χ1v) is 8.13. The zero-order valence-electron chi connectivity index (χ0n) is 13.6. The number of aromatic nitrogens is 1. The van der Waals surface area contributed by atoms with Gasteiger partial charge >= 0.3 is 5.97 Å². The molecule has 6 heteroatoms. The number of carbonyl (C=O) groups excluding carboxylic acids is 2. The number of piperidine rings is 1. The molecule has 0 bridgehead atoms. The molecule has 1 aliphatic heterocycles. The Morgan fingerprint density at radius 3 is 3.00 bits per heavy atom. The van der Waals surface area contributed by atoms with E-state index in [9.17, 15) is 9.59 Å². The highest BCUT2D eigenvalue weighted by molar-refractivity contribution is 5.89. The van der Waals surface area contributed by atoms with Crippen LogP contribution in [0.5, 0.6) is 0 Å². The number of oxazole rings is 1. The number of hydrogen-bond donors (Lipinski definition) is 0. The second-order valence-electron chi connectivity index (χ2n) is 5.89. The number of carbonyl (C=O) groups is 2. The molecule has 1 aromatic heterocycles. The summed E-state index contributed by atoms with van der Waals surface area (Å²) in [7, 11) is 0. The zero-order valence-corrected chi connectivity index (χ0v) is 13.6. The lowest BCUT2D eigenvalue weighted by atomic mass is 10.0. The smallest absolute Gasteiger partial charge is 0.331 e. The molecule has 0 unspecified atom stereocenters. The summed E-state index contributed by atoms with van der Waals surface area (Å²) < 4.78 is 10.5. The van der Waals surface area contributed by atoms with Gasteiger partial charge in [0, 0.05) is 24.7 Å². The maximum Gasteiger partial charge on any atom is 0.331 e. The van der Waals surface area contributed by atoms with Crippen LogP contribution >= 0.6 is 0 Å². The van der Waals surface area contributed by atoms with E-state index in [1.807, 2.05) is 25.1 Å². The summed E-state index contributed by atoms with van der Waals surface area (Å²) in [5.41, 5.74) is 1.37. The van der Waals surface area contributed by atoms with Crippen LogP contribution in [0.3, 0.4) is 0 Å². The molecule has 0 saturated carbocycles. The highest BCUT2D eigenvalue weighted by atomic mass is 16.5. The van der Waals surface area contributed by atoms with Gasteiger partial charge in [-0.05, 0) is 38.3 Å². The van der Waals surface area contributed by atoms with Gasteiger partial charge in [-0.25, -0.2) is 9.78 Å². The largest absolute Gasteiger partial charge is 0.452 e. The van der Waals surface area contributed by atoms with Crippen molar-refractivity contribution in [2.75, 3.05) is 13.2 Å². The molecule has 0 radical (unpaired) electrons. The fraction of sp³-hybridized carbons (Fsp3) is 0.389. The minimum atomic E-state index is -0.588. The first kappa shape index (κ1) is 16.2. The van der Waals surface area contributed by atoms with E-state index in [0.717, 1.165) is 31.3 Å². The lowest BCUT2D eigenvalue weighted by molar-refractivity contribution is -0.149. The van der Waals surface area contributed by atoms with Crippen LogP contribution in [0.1, 0.15) is 32.1 Å². The van der Waals surface area contributed by atoms with Gasteiger partial charge in [-0.1, -0.05) is 12.1 Å². The number of benzene rings is 1. The molecule has 1 amide bonds. The van der Waals surface area contributed by atoms with Crippen LogP contribution in [-0.4, -0.2) is 41.0 Å². The summed E-state index contributed by atoms with van der Waals surface area (Å²) in [6.45, 7) is 2.52. The number of amides is 1. The molecule has 1 aromatic carbocycles. The lowest BCUT2D eigenvalue weighted by Gasteiger charge is -2.33. The van der Waals surface area contributed by atoms with Gasteiger partial charge in [-0.2, -0.15) is 0 Å². The van der Waals surface area contributed by atoms with Crippen molar-refractivity contribution in [3.8, 4) is 0 Å². The van der Waals surface area contributed by atoms with E-state index in [4.69, 9.17) is 9.15 Å². The van der Waals surface area contributed by atoms with Crippen molar-refractivity contribution in [2.24, 2.45) is 0 Å². The van der Waals surface area contributed by atoms with Crippen molar-refractivity contribution in [2.45, 2.75) is 32.2 Å². The van der Waals surface area contributed by atoms with Crippen LogP contribution in [0.2, 0.25) is 0 Å². The molecule has 1 aliphatic rings. The predicted octanol–water partition coefficient (Wildman–Crippen LogP) is 2.79. The lowest BCUT2D eigenvalue weighted by Crippen LogP contribution is -2.44.